The highest BCUT2D eigenvalue weighted by Crippen LogP contribution is 2.30. The average molecular weight is 397 g/mol. The van der Waals surface area contributed by atoms with Crippen LogP contribution in [0.1, 0.15) is 18.1 Å². The Morgan fingerprint density at radius 3 is 2.58 bits per heavy atom. The number of rotatable bonds is 8. The van der Waals surface area contributed by atoms with E-state index in [-0.39, 0.29) is 4.90 Å². The van der Waals surface area contributed by atoms with E-state index in [1.165, 1.54) is 17.0 Å². The Kier molecular flexibility index (Phi) is 7.08. The monoisotopic (exact) mass is 396 g/mol. The average Bonchev–Trinajstić information content (AvgIpc) is 2.55. The van der Waals surface area contributed by atoms with E-state index in [4.69, 9.17) is 9.88 Å². The van der Waals surface area contributed by atoms with Gasteiger partial charge in [-0.3, -0.25) is 0 Å². The van der Waals surface area contributed by atoms with Gasteiger partial charge in [-0.05, 0) is 62.1 Å². The maximum Gasteiger partial charge on any atom is 0.238 e. The lowest BCUT2D eigenvalue weighted by atomic mass is 10.2. The Morgan fingerprint density at radius 2 is 2.00 bits per heavy atom. The van der Waals surface area contributed by atoms with Gasteiger partial charge in [0.05, 0.1) is 11.0 Å². The minimum absolute atomic E-state index is 0.0209. The van der Waals surface area contributed by atoms with Crippen molar-refractivity contribution < 1.29 is 18.3 Å². The Bertz CT molecular complexity index is 867. The molecule has 0 aliphatic carbocycles. The first-order chi connectivity index (χ1) is 12.2. The summed E-state index contributed by atoms with van der Waals surface area (Å²) in [5.74, 6) is 1.20. The van der Waals surface area contributed by atoms with Crippen LogP contribution in [0.2, 0.25) is 0 Å². The van der Waals surface area contributed by atoms with Crippen LogP contribution in [0.3, 0.4) is 0 Å². The van der Waals surface area contributed by atoms with Gasteiger partial charge in [0.1, 0.15) is 11.5 Å². The Hall–Kier alpha value is -1.58. The highest BCUT2D eigenvalue weighted by Gasteiger charge is 2.13. The van der Waals surface area contributed by atoms with Crippen molar-refractivity contribution in [2.75, 3.05) is 12.8 Å². The van der Waals surface area contributed by atoms with E-state index in [0.29, 0.717) is 30.2 Å². The fourth-order valence-electron chi connectivity index (χ4n) is 2.43. The number of hydrogen-bond acceptors (Lipinski definition) is 6. The highest BCUT2D eigenvalue weighted by molar-refractivity contribution is 7.98. The molecule has 0 spiro atoms. The van der Waals surface area contributed by atoms with Gasteiger partial charge in [0.2, 0.25) is 10.0 Å². The van der Waals surface area contributed by atoms with Crippen molar-refractivity contribution in [3.63, 3.8) is 0 Å². The molecule has 0 saturated carbocycles. The molecule has 0 saturated heterocycles. The quantitative estimate of drug-likeness (QED) is 0.593. The van der Waals surface area contributed by atoms with E-state index in [1.807, 2.05) is 31.4 Å². The molecule has 0 aliphatic heterocycles. The summed E-state index contributed by atoms with van der Waals surface area (Å²) < 4.78 is 29.2. The third-order valence-corrected chi connectivity index (χ3v) is 5.52. The molecule has 0 amide bonds. The second-order valence-corrected chi connectivity index (χ2v) is 8.44. The normalized spacial score (nSPS) is 12.8. The number of primary sulfonamides is 1. The first-order valence-electron chi connectivity index (χ1n) is 8.07. The van der Waals surface area contributed by atoms with Crippen molar-refractivity contribution in [3.05, 3.63) is 47.5 Å². The van der Waals surface area contributed by atoms with Gasteiger partial charge < -0.3 is 15.2 Å². The zero-order valence-corrected chi connectivity index (χ0v) is 16.7. The standard InChI is InChI=1S/C18H24N2O4S2/c1-12-8-15(4-7-18(12)25-3)24-17-6-5-16(26(19,22)23)9-14(17)11-20-10-13(2)21/h4-9,13,20-21H,10-11H2,1-3H3,(H2,19,22,23)/t13-/m0/s1. The molecule has 8 heteroatoms. The maximum atomic E-state index is 11.6. The molecule has 0 radical (unpaired) electrons. The molecule has 0 heterocycles. The molecule has 0 aromatic heterocycles. The fraction of sp³-hybridized carbons (Fsp3) is 0.333. The smallest absolute Gasteiger partial charge is 0.238 e. The van der Waals surface area contributed by atoms with E-state index in [0.717, 1.165) is 5.56 Å². The van der Waals surface area contributed by atoms with Crippen LogP contribution in [-0.2, 0) is 16.6 Å². The van der Waals surface area contributed by atoms with Crippen LogP contribution in [0.5, 0.6) is 11.5 Å². The summed E-state index contributed by atoms with van der Waals surface area (Å²) in [7, 11) is -3.81. The topological polar surface area (TPSA) is 102 Å². The number of thioether (sulfide) groups is 1. The predicted octanol–water partition coefficient (Wildman–Crippen LogP) is 2.63. The molecular formula is C18H24N2O4S2. The third kappa shape index (κ3) is 5.72. The van der Waals surface area contributed by atoms with Crippen LogP contribution in [0.25, 0.3) is 0 Å². The van der Waals surface area contributed by atoms with Crippen molar-refractivity contribution in [2.24, 2.45) is 5.14 Å². The summed E-state index contributed by atoms with van der Waals surface area (Å²) in [6.45, 7) is 4.39. The van der Waals surface area contributed by atoms with Gasteiger partial charge in [-0.15, -0.1) is 11.8 Å². The molecule has 0 unspecified atom stereocenters. The maximum absolute atomic E-state index is 11.6. The number of hydrogen-bond donors (Lipinski definition) is 3. The molecule has 0 aliphatic rings. The first kappa shape index (κ1) is 20.7. The largest absolute Gasteiger partial charge is 0.457 e. The van der Waals surface area contributed by atoms with Crippen molar-refractivity contribution in [1.82, 2.24) is 5.32 Å². The number of nitrogens with two attached hydrogens (primary N) is 1. The van der Waals surface area contributed by atoms with Gasteiger partial charge in [-0.2, -0.15) is 0 Å². The van der Waals surface area contributed by atoms with Crippen molar-refractivity contribution in [1.29, 1.82) is 0 Å². The summed E-state index contributed by atoms with van der Waals surface area (Å²) in [6, 6.07) is 10.3. The molecule has 1 atom stereocenters. The number of aryl methyl sites for hydroxylation is 1. The SMILES string of the molecule is CSc1ccc(Oc2ccc(S(N)(=O)=O)cc2CNC[C@H](C)O)cc1C. The Morgan fingerprint density at radius 1 is 1.27 bits per heavy atom. The first-order valence-corrected chi connectivity index (χ1v) is 10.8. The second kappa shape index (κ2) is 8.88. The van der Waals surface area contributed by atoms with E-state index in [1.54, 1.807) is 24.8 Å². The van der Waals surface area contributed by atoms with Crippen LogP contribution < -0.4 is 15.2 Å². The van der Waals surface area contributed by atoms with Crippen molar-refractivity contribution in [2.45, 2.75) is 36.3 Å². The van der Waals surface area contributed by atoms with Gasteiger partial charge in [-0.1, -0.05) is 0 Å². The lowest BCUT2D eigenvalue weighted by Crippen LogP contribution is -2.24. The number of ether oxygens (including phenoxy) is 1. The molecular weight excluding hydrogens is 372 g/mol. The van der Waals surface area contributed by atoms with Crippen LogP contribution in [0.15, 0.2) is 46.2 Å². The summed E-state index contributed by atoms with van der Waals surface area (Å²) in [5.41, 5.74) is 1.74. The number of aliphatic hydroxyl groups excluding tert-OH is 1. The zero-order valence-electron chi connectivity index (χ0n) is 15.0. The van der Waals surface area contributed by atoms with Gasteiger partial charge in [0, 0.05) is 23.5 Å². The lowest BCUT2D eigenvalue weighted by Gasteiger charge is -2.15. The molecule has 2 aromatic rings. The van der Waals surface area contributed by atoms with E-state index in [2.05, 4.69) is 5.32 Å². The van der Waals surface area contributed by atoms with E-state index < -0.39 is 16.1 Å². The Balaban J connectivity index is 2.31. The van der Waals surface area contributed by atoms with Crippen LogP contribution in [0, 0.1) is 6.92 Å². The van der Waals surface area contributed by atoms with Gasteiger partial charge >= 0.3 is 0 Å². The van der Waals surface area contributed by atoms with Crippen molar-refractivity contribution in [3.8, 4) is 11.5 Å². The lowest BCUT2D eigenvalue weighted by molar-refractivity contribution is 0.191. The summed E-state index contributed by atoms with van der Waals surface area (Å²) in [5, 5.41) is 17.7. The minimum Gasteiger partial charge on any atom is -0.457 e. The molecule has 0 bridgehead atoms. The van der Waals surface area contributed by atoms with Crippen LogP contribution in [0.4, 0.5) is 0 Å². The van der Waals surface area contributed by atoms with Crippen molar-refractivity contribution >= 4 is 21.8 Å². The predicted molar refractivity (Wildman–Crippen MR) is 104 cm³/mol. The summed E-state index contributed by atoms with van der Waals surface area (Å²) in [4.78, 5) is 1.19. The Labute approximate surface area is 158 Å². The number of benzene rings is 2. The van der Waals surface area contributed by atoms with Gasteiger partial charge in [0.15, 0.2) is 0 Å². The second-order valence-electron chi connectivity index (χ2n) is 6.03. The molecule has 6 nitrogen and oxygen atoms in total. The molecule has 2 aromatic carbocycles. The molecule has 4 N–H and O–H groups in total. The number of aliphatic hydroxyl groups is 1. The number of nitrogens with one attached hydrogen (secondary N) is 1. The van der Waals surface area contributed by atoms with Gasteiger partial charge in [-0.25, -0.2) is 13.6 Å². The van der Waals surface area contributed by atoms with Crippen LogP contribution in [-0.4, -0.2) is 32.4 Å². The molecule has 26 heavy (non-hydrogen) atoms. The van der Waals surface area contributed by atoms with E-state index in [9.17, 15) is 13.5 Å². The number of sulfonamides is 1. The zero-order chi connectivity index (χ0) is 19.3. The highest BCUT2D eigenvalue weighted by atomic mass is 32.2. The van der Waals surface area contributed by atoms with E-state index >= 15 is 0 Å². The third-order valence-electron chi connectivity index (χ3n) is 3.71. The summed E-state index contributed by atoms with van der Waals surface area (Å²) >= 11 is 1.66. The molecule has 2 rings (SSSR count). The molecule has 142 valence electrons. The fourth-order valence-corrected chi connectivity index (χ4v) is 3.58. The van der Waals surface area contributed by atoms with Crippen LogP contribution >= 0.6 is 11.8 Å². The molecule has 0 fully saturated rings. The van der Waals surface area contributed by atoms with Gasteiger partial charge in [0.25, 0.3) is 0 Å². The minimum atomic E-state index is -3.81. The summed E-state index contributed by atoms with van der Waals surface area (Å²) in [6.07, 6.45) is 1.50.